The molecule has 1 aliphatic rings. The molecule has 2 N–H and O–H groups in total. The predicted molar refractivity (Wildman–Crippen MR) is 82.9 cm³/mol. The summed E-state index contributed by atoms with van der Waals surface area (Å²) >= 11 is 0. The van der Waals surface area contributed by atoms with E-state index in [1.807, 2.05) is 30.3 Å². The standard InChI is InChI=1S/C15H16N6O3/c1-20(13(22)7-12-14(23)18-15(24)17-12)9-10-8-16-21(19-10)11-5-3-2-4-6-11/h2-6,8,12H,7,9H2,1H3,(H2,17,18,23,24)/t12-/m1/s1. The molecule has 0 spiro atoms. The van der Waals surface area contributed by atoms with Crippen LogP contribution in [0.15, 0.2) is 36.5 Å². The molecular weight excluding hydrogens is 312 g/mol. The Morgan fingerprint density at radius 3 is 2.71 bits per heavy atom. The maximum atomic E-state index is 12.2. The minimum atomic E-state index is -0.826. The van der Waals surface area contributed by atoms with Crippen molar-refractivity contribution in [3.63, 3.8) is 0 Å². The SMILES string of the molecule is CN(Cc1cnn(-c2ccccc2)n1)C(=O)C[C@H]1NC(=O)NC1=O. The molecule has 24 heavy (non-hydrogen) atoms. The van der Waals surface area contributed by atoms with Crippen molar-refractivity contribution in [3.8, 4) is 5.69 Å². The molecule has 0 aliphatic carbocycles. The van der Waals surface area contributed by atoms with Crippen molar-refractivity contribution in [2.75, 3.05) is 7.05 Å². The summed E-state index contributed by atoms with van der Waals surface area (Å²) in [4.78, 5) is 37.6. The number of imide groups is 1. The molecule has 0 saturated carbocycles. The van der Waals surface area contributed by atoms with Gasteiger partial charge in [-0.15, -0.1) is 0 Å². The van der Waals surface area contributed by atoms with Crippen molar-refractivity contribution >= 4 is 17.8 Å². The van der Waals surface area contributed by atoms with E-state index in [-0.39, 0.29) is 18.9 Å². The molecule has 0 bridgehead atoms. The van der Waals surface area contributed by atoms with Crippen LogP contribution in [0.2, 0.25) is 0 Å². The molecule has 3 rings (SSSR count). The Hall–Kier alpha value is -3.23. The van der Waals surface area contributed by atoms with Gasteiger partial charge in [-0.2, -0.15) is 15.0 Å². The highest BCUT2D eigenvalue weighted by molar-refractivity contribution is 6.05. The smallest absolute Gasteiger partial charge is 0.322 e. The van der Waals surface area contributed by atoms with Crippen LogP contribution in [0.25, 0.3) is 5.69 Å². The number of carbonyl (C=O) groups is 3. The topological polar surface area (TPSA) is 109 Å². The average Bonchev–Trinajstić information content (AvgIpc) is 3.15. The minimum Gasteiger partial charge on any atom is -0.340 e. The van der Waals surface area contributed by atoms with Crippen LogP contribution < -0.4 is 10.6 Å². The number of rotatable bonds is 5. The van der Waals surface area contributed by atoms with E-state index in [2.05, 4.69) is 20.8 Å². The summed E-state index contributed by atoms with van der Waals surface area (Å²) in [5, 5.41) is 13.0. The Balaban J connectivity index is 1.59. The van der Waals surface area contributed by atoms with E-state index < -0.39 is 18.0 Å². The quantitative estimate of drug-likeness (QED) is 0.740. The van der Waals surface area contributed by atoms with Crippen LogP contribution in [0.3, 0.4) is 0 Å². The Kier molecular flexibility index (Phi) is 4.23. The zero-order chi connectivity index (χ0) is 17.1. The Labute approximate surface area is 137 Å². The fourth-order valence-electron chi connectivity index (χ4n) is 2.32. The lowest BCUT2D eigenvalue weighted by Crippen LogP contribution is -2.37. The van der Waals surface area contributed by atoms with E-state index in [1.165, 1.54) is 9.70 Å². The van der Waals surface area contributed by atoms with Crippen molar-refractivity contribution < 1.29 is 14.4 Å². The molecule has 0 unspecified atom stereocenters. The van der Waals surface area contributed by atoms with E-state index in [1.54, 1.807) is 13.2 Å². The number of aromatic nitrogens is 3. The third kappa shape index (κ3) is 3.40. The molecule has 1 saturated heterocycles. The predicted octanol–water partition coefficient (Wildman–Crippen LogP) is -0.176. The van der Waals surface area contributed by atoms with E-state index in [9.17, 15) is 14.4 Å². The van der Waals surface area contributed by atoms with E-state index in [0.29, 0.717) is 5.69 Å². The molecule has 1 aromatic heterocycles. The number of carbonyl (C=O) groups excluding carboxylic acids is 3. The van der Waals surface area contributed by atoms with Crippen LogP contribution in [0, 0.1) is 0 Å². The molecule has 1 fully saturated rings. The molecule has 2 heterocycles. The third-order valence-corrected chi connectivity index (χ3v) is 3.59. The third-order valence-electron chi connectivity index (χ3n) is 3.59. The van der Waals surface area contributed by atoms with Crippen molar-refractivity contribution in [1.82, 2.24) is 30.5 Å². The fourth-order valence-corrected chi connectivity index (χ4v) is 2.32. The van der Waals surface area contributed by atoms with Crippen molar-refractivity contribution in [3.05, 3.63) is 42.2 Å². The summed E-state index contributed by atoms with van der Waals surface area (Å²) in [7, 11) is 1.61. The molecule has 124 valence electrons. The highest BCUT2D eigenvalue weighted by Gasteiger charge is 2.32. The Bertz CT molecular complexity index is 773. The van der Waals surface area contributed by atoms with Gasteiger partial charge >= 0.3 is 6.03 Å². The van der Waals surface area contributed by atoms with E-state index in [0.717, 1.165) is 5.69 Å². The number of hydrogen-bond donors (Lipinski definition) is 2. The van der Waals surface area contributed by atoms with Crippen LogP contribution in [-0.4, -0.2) is 50.8 Å². The maximum absolute atomic E-state index is 12.2. The first-order valence-electron chi connectivity index (χ1n) is 7.35. The van der Waals surface area contributed by atoms with Crippen molar-refractivity contribution in [2.24, 2.45) is 0 Å². The van der Waals surface area contributed by atoms with E-state index in [4.69, 9.17) is 0 Å². The van der Waals surface area contributed by atoms with Gasteiger partial charge < -0.3 is 10.2 Å². The van der Waals surface area contributed by atoms with Crippen LogP contribution in [-0.2, 0) is 16.1 Å². The number of amides is 4. The van der Waals surface area contributed by atoms with Crippen molar-refractivity contribution in [2.45, 2.75) is 19.0 Å². The monoisotopic (exact) mass is 328 g/mol. The maximum Gasteiger partial charge on any atom is 0.322 e. The van der Waals surface area contributed by atoms with Gasteiger partial charge in [0.2, 0.25) is 5.91 Å². The van der Waals surface area contributed by atoms with Gasteiger partial charge in [-0.3, -0.25) is 14.9 Å². The zero-order valence-corrected chi connectivity index (χ0v) is 13.0. The molecule has 1 aromatic carbocycles. The Morgan fingerprint density at radius 2 is 2.04 bits per heavy atom. The fraction of sp³-hybridized carbons (Fsp3) is 0.267. The van der Waals surface area contributed by atoms with Crippen LogP contribution in [0.1, 0.15) is 12.1 Å². The Morgan fingerprint density at radius 1 is 1.29 bits per heavy atom. The summed E-state index contributed by atoms with van der Waals surface area (Å²) in [5.74, 6) is -0.761. The van der Waals surface area contributed by atoms with Crippen LogP contribution in [0.4, 0.5) is 4.79 Å². The molecule has 9 nitrogen and oxygen atoms in total. The van der Waals surface area contributed by atoms with Gasteiger partial charge in [-0.25, -0.2) is 4.79 Å². The second kappa shape index (κ2) is 6.49. The van der Waals surface area contributed by atoms with Gasteiger partial charge in [-0.1, -0.05) is 18.2 Å². The average molecular weight is 328 g/mol. The molecule has 2 aromatic rings. The highest BCUT2D eigenvalue weighted by Crippen LogP contribution is 2.08. The first-order valence-corrected chi connectivity index (χ1v) is 7.35. The lowest BCUT2D eigenvalue weighted by atomic mass is 10.2. The zero-order valence-electron chi connectivity index (χ0n) is 13.0. The van der Waals surface area contributed by atoms with E-state index >= 15 is 0 Å². The highest BCUT2D eigenvalue weighted by atomic mass is 16.2. The number of urea groups is 1. The number of para-hydroxylation sites is 1. The van der Waals surface area contributed by atoms with Crippen molar-refractivity contribution in [1.29, 1.82) is 0 Å². The van der Waals surface area contributed by atoms with Gasteiger partial charge in [0.15, 0.2) is 0 Å². The van der Waals surface area contributed by atoms with Crippen LogP contribution >= 0.6 is 0 Å². The van der Waals surface area contributed by atoms with Gasteiger partial charge in [-0.05, 0) is 12.1 Å². The first kappa shape index (κ1) is 15.7. The first-order chi connectivity index (χ1) is 11.5. The largest absolute Gasteiger partial charge is 0.340 e. The lowest BCUT2D eigenvalue weighted by molar-refractivity contribution is -0.133. The summed E-state index contributed by atoms with van der Waals surface area (Å²) in [6.45, 7) is 0.258. The summed E-state index contributed by atoms with van der Waals surface area (Å²) < 4.78 is 0. The number of nitrogens with one attached hydrogen (secondary N) is 2. The number of nitrogens with zero attached hydrogens (tertiary/aromatic N) is 4. The molecule has 4 amide bonds. The molecule has 0 radical (unpaired) electrons. The molecule has 1 aliphatic heterocycles. The molecule has 9 heteroatoms. The number of hydrogen-bond acceptors (Lipinski definition) is 5. The van der Waals surface area contributed by atoms with Crippen LogP contribution in [0.5, 0.6) is 0 Å². The summed E-state index contributed by atoms with van der Waals surface area (Å²) in [6.07, 6.45) is 1.49. The van der Waals surface area contributed by atoms with Gasteiger partial charge in [0, 0.05) is 7.05 Å². The van der Waals surface area contributed by atoms with Gasteiger partial charge in [0.1, 0.15) is 11.7 Å². The molecular formula is C15H16N6O3. The minimum absolute atomic E-state index is 0.0963. The second-order valence-corrected chi connectivity index (χ2v) is 5.43. The normalized spacial score (nSPS) is 16.6. The lowest BCUT2D eigenvalue weighted by Gasteiger charge is -2.17. The summed E-state index contributed by atoms with van der Waals surface area (Å²) in [6, 6.07) is 8.01. The van der Waals surface area contributed by atoms with Gasteiger partial charge in [0.05, 0.1) is 24.8 Å². The number of benzene rings is 1. The molecule has 1 atom stereocenters. The van der Waals surface area contributed by atoms with Gasteiger partial charge in [0.25, 0.3) is 5.91 Å². The summed E-state index contributed by atoms with van der Waals surface area (Å²) in [5.41, 5.74) is 1.44. The second-order valence-electron chi connectivity index (χ2n) is 5.43.